The zero-order chi connectivity index (χ0) is 15.6. The summed E-state index contributed by atoms with van der Waals surface area (Å²) in [5, 5.41) is 10.4. The van der Waals surface area contributed by atoms with Gasteiger partial charge in [0.05, 0.1) is 10.6 Å². The molecule has 1 fully saturated rings. The highest BCUT2D eigenvalue weighted by atomic mass is 35.5. The summed E-state index contributed by atoms with van der Waals surface area (Å²) >= 11 is 11.8. The van der Waals surface area contributed by atoms with E-state index < -0.39 is 5.60 Å². The van der Waals surface area contributed by atoms with Gasteiger partial charge in [-0.05, 0) is 26.0 Å². The average molecular weight is 332 g/mol. The molecule has 1 aromatic heterocycles. The molecule has 2 heterocycles. The molecule has 21 heavy (non-hydrogen) atoms. The van der Waals surface area contributed by atoms with Crippen LogP contribution in [0.5, 0.6) is 0 Å². The topological polar surface area (TPSA) is 56.7 Å². The minimum absolute atomic E-state index is 0.195. The fraction of sp³-hybridized carbons (Fsp3) is 0.571. The van der Waals surface area contributed by atoms with Crippen molar-refractivity contribution in [2.45, 2.75) is 19.4 Å². The molecule has 0 aromatic carbocycles. The summed E-state index contributed by atoms with van der Waals surface area (Å²) < 4.78 is 0. The van der Waals surface area contributed by atoms with E-state index in [1.165, 1.54) is 0 Å². The monoisotopic (exact) mass is 331 g/mol. The quantitative estimate of drug-likeness (QED) is 0.860. The number of aromatic nitrogens is 1. The van der Waals surface area contributed by atoms with Crippen molar-refractivity contribution in [1.29, 1.82) is 0 Å². The molecule has 5 nitrogen and oxygen atoms in total. The molecular weight excluding hydrogens is 313 g/mol. The van der Waals surface area contributed by atoms with Gasteiger partial charge < -0.3 is 10.0 Å². The third-order valence-electron chi connectivity index (χ3n) is 3.28. The number of aliphatic hydroxyl groups is 1. The second kappa shape index (κ2) is 6.48. The SMILES string of the molecule is CC(C)(O)CN1CCN(C(=O)c2nc(Cl)ccc2Cl)CC1. The second-order valence-corrected chi connectivity index (χ2v) is 6.64. The summed E-state index contributed by atoms with van der Waals surface area (Å²) in [6.07, 6.45) is 0. The molecule has 1 aromatic rings. The molecule has 0 bridgehead atoms. The summed E-state index contributed by atoms with van der Waals surface area (Å²) in [7, 11) is 0. The molecule has 2 rings (SSSR count). The van der Waals surface area contributed by atoms with E-state index in [9.17, 15) is 9.90 Å². The molecule has 1 aliphatic heterocycles. The van der Waals surface area contributed by atoms with Gasteiger partial charge in [0, 0.05) is 32.7 Å². The van der Waals surface area contributed by atoms with Gasteiger partial charge in [0.1, 0.15) is 10.8 Å². The van der Waals surface area contributed by atoms with Crippen molar-refractivity contribution >= 4 is 29.1 Å². The maximum absolute atomic E-state index is 12.4. The van der Waals surface area contributed by atoms with E-state index in [0.717, 1.165) is 0 Å². The summed E-state index contributed by atoms with van der Waals surface area (Å²) in [5.41, 5.74) is -0.538. The summed E-state index contributed by atoms with van der Waals surface area (Å²) in [4.78, 5) is 20.3. The average Bonchev–Trinajstić information content (AvgIpc) is 2.40. The van der Waals surface area contributed by atoms with Gasteiger partial charge >= 0.3 is 0 Å². The van der Waals surface area contributed by atoms with Gasteiger partial charge in [0.2, 0.25) is 0 Å². The standard InChI is InChI=1S/C14H19Cl2N3O2/c1-14(2,21)9-18-5-7-19(8-6-18)13(20)12-10(15)3-4-11(16)17-12/h3-4,21H,5-9H2,1-2H3. The molecular formula is C14H19Cl2N3O2. The Morgan fingerprint density at radius 2 is 1.90 bits per heavy atom. The van der Waals surface area contributed by atoms with Crippen molar-refractivity contribution < 1.29 is 9.90 Å². The first-order chi connectivity index (χ1) is 9.76. The summed E-state index contributed by atoms with van der Waals surface area (Å²) in [5.74, 6) is -0.203. The normalized spacial score (nSPS) is 17.1. The number of amides is 1. The van der Waals surface area contributed by atoms with Crippen LogP contribution in [0.4, 0.5) is 0 Å². The van der Waals surface area contributed by atoms with Gasteiger partial charge in [-0.1, -0.05) is 23.2 Å². The molecule has 0 atom stereocenters. The van der Waals surface area contributed by atoms with Gasteiger partial charge in [-0.25, -0.2) is 4.98 Å². The largest absolute Gasteiger partial charge is 0.389 e. The first-order valence-electron chi connectivity index (χ1n) is 6.82. The summed E-state index contributed by atoms with van der Waals surface area (Å²) in [6, 6.07) is 3.14. The second-order valence-electron chi connectivity index (χ2n) is 5.85. The number of piperazine rings is 1. The Kier molecular flexibility index (Phi) is 5.09. The Labute approximate surface area is 134 Å². The molecule has 7 heteroatoms. The zero-order valence-corrected chi connectivity index (χ0v) is 13.7. The van der Waals surface area contributed by atoms with Crippen LogP contribution < -0.4 is 0 Å². The van der Waals surface area contributed by atoms with E-state index in [0.29, 0.717) is 37.7 Å². The number of nitrogens with zero attached hydrogens (tertiary/aromatic N) is 3. The van der Waals surface area contributed by atoms with E-state index in [2.05, 4.69) is 9.88 Å². The molecule has 1 amide bonds. The van der Waals surface area contributed by atoms with Crippen molar-refractivity contribution in [3.8, 4) is 0 Å². The number of rotatable bonds is 3. The van der Waals surface area contributed by atoms with E-state index in [1.807, 2.05) is 0 Å². The minimum Gasteiger partial charge on any atom is -0.389 e. The molecule has 0 spiro atoms. The maximum Gasteiger partial charge on any atom is 0.274 e. The third kappa shape index (κ3) is 4.54. The predicted molar refractivity (Wildman–Crippen MR) is 82.9 cm³/mol. The fourth-order valence-corrected chi connectivity index (χ4v) is 2.71. The Bertz CT molecular complexity index is 523. The number of hydrogen-bond acceptors (Lipinski definition) is 4. The first-order valence-corrected chi connectivity index (χ1v) is 7.58. The molecule has 0 unspecified atom stereocenters. The van der Waals surface area contributed by atoms with Crippen LogP contribution in [0.3, 0.4) is 0 Å². The molecule has 0 saturated carbocycles. The van der Waals surface area contributed by atoms with Gasteiger partial charge in [-0.3, -0.25) is 9.69 Å². The van der Waals surface area contributed by atoms with E-state index >= 15 is 0 Å². The van der Waals surface area contributed by atoms with Crippen LogP contribution in [0.25, 0.3) is 0 Å². The number of carbonyl (C=O) groups is 1. The lowest BCUT2D eigenvalue weighted by molar-refractivity contribution is 0.0177. The Hall–Kier alpha value is -0.880. The van der Waals surface area contributed by atoms with E-state index in [4.69, 9.17) is 23.2 Å². The van der Waals surface area contributed by atoms with E-state index in [1.54, 1.807) is 30.9 Å². The fourth-order valence-electron chi connectivity index (χ4n) is 2.37. The molecule has 0 aliphatic carbocycles. The number of β-amino-alcohol motifs (C(OH)–C–C–N with tert-alkyl or cyclic N) is 1. The van der Waals surface area contributed by atoms with Crippen molar-refractivity contribution in [2.24, 2.45) is 0 Å². The van der Waals surface area contributed by atoms with Crippen LogP contribution in [-0.4, -0.2) is 64.1 Å². The molecule has 1 saturated heterocycles. The number of pyridine rings is 1. The van der Waals surface area contributed by atoms with Gasteiger partial charge in [0.25, 0.3) is 5.91 Å². The molecule has 116 valence electrons. The number of carbonyl (C=O) groups excluding carboxylic acids is 1. The van der Waals surface area contributed by atoms with Gasteiger partial charge in [-0.15, -0.1) is 0 Å². The lowest BCUT2D eigenvalue weighted by Gasteiger charge is -2.37. The molecule has 1 N–H and O–H groups in total. The highest BCUT2D eigenvalue weighted by Crippen LogP contribution is 2.19. The molecule has 1 aliphatic rings. The van der Waals surface area contributed by atoms with Gasteiger partial charge in [-0.2, -0.15) is 0 Å². The van der Waals surface area contributed by atoms with Crippen molar-refractivity contribution in [3.05, 3.63) is 28.0 Å². The van der Waals surface area contributed by atoms with Crippen molar-refractivity contribution in [3.63, 3.8) is 0 Å². The van der Waals surface area contributed by atoms with Crippen LogP contribution >= 0.6 is 23.2 Å². The Morgan fingerprint density at radius 3 is 2.48 bits per heavy atom. The molecule has 0 radical (unpaired) electrons. The first kappa shape index (κ1) is 16.5. The van der Waals surface area contributed by atoms with E-state index in [-0.39, 0.29) is 16.8 Å². The highest BCUT2D eigenvalue weighted by molar-refractivity contribution is 6.34. The predicted octanol–water partition coefficient (Wildman–Crippen LogP) is 1.92. The van der Waals surface area contributed by atoms with Crippen LogP contribution in [0.2, 0.25) is 10.2 Å². The van der Waals surface area contributed by atoms with Gasteiger partial charge in [0.15, 0.2) is 0 Å². The summed E-state index contributed by atoms with van der Waals surface area (Å²) in [6.45, 7) is 6.74. The van der Waals surface area contributed by atoms with Crippen LogP contribution in [0, 0.1) is 0 Å². The Balaban J connectivity index is 1.99. The van der Waals surface area contributed by atoms with Crippen molar-refractivity contribution in [1.82, 2.24) is 14.8 Å². The lowest BCUT2D eigenvalue weighted by Crippen LogP contribution is -2.52. The zero-order valence-electron chi connectivity index (χ0n) is 12.1. The highest BCUT2D eigenvalue weighted by Gasteiger charge is 2.27. The smallest absolute Gasteiger partial charge is 0.274 e. The van der Waals surface area contributed by atoms with Crippen LogP contribution in [-0.2, 0) is 0 Å². The minimum atomic E-state index is -0.732. The van der Waals surface area contributed by atoms with Crippen LogP contribution in [0.15, 0.2) is 12.1 Å². The Morgan fingerprint density at radius 1 is 1.29 bits per heavy atom. The number of hydrogen-bond donors (Lipinski definition) is 1. The van der Waals surface area contributed by atoms with Crippen LogP contribution in [0.1, 0.15) is 24.3 Å². The van der Waals surface area contributed by atoms with Crippen molar-refractivity contribution in [2.75, 3.05) is 32.7 Å². The maximum atomic E-state index is 12.4. The third-order valence-corrected chi connectivity index (χ3v) is 3.80. The lowest BCUT2D eigenvalue weighted by atomic mass is 10.1. The number of halogens is 2.